The van der Waals surface area contributed by atoms with Crippen LogP contribution in [-0.2, 0) is 16.0 Å². The SMILES string of the molecule is CCOc1ccc(/C(O)=C2\C(=O)C(=O)N(c3cc(OC)cc(OC)c3)C2c2ccc(CC)cc2)cc1C. The molecule has 1 N–H and O–H groups in total. The van der Waals surface area contributed by atoms with Crippen LogP contribution in [0.15, 0.2) is 66.2 Å². The summed E-state index contributed by atoms with van der Waals surface area (Å²) in [5, 5.41) is 11.4. The maximum absolute atomic E-state index is 13.5. The molecule has 1 amide bonds. The van der Waals surface area contributed by atoms with Gasteiger partial charge in [-0.05, 0) is 55.2 Å². The number of methoxy groups -OCH3 is 2. The zero-order valence-electron chi connectivity index (χ0n) is 21.7. The molecule has 1 heterocycles. The fourth-order valence-electron chi connectivity index (χ4n) is 4.55. The van der Waals surface area contributed by atoms with Crippen LogP contribution >= 0.6 is 0 Å². The number of amides is 1. The predicted octanol–water partition coefficient (Wildman–Crippen LogP) is 5.60. The van der Waals surface area contributed by atoms with E-state index in [1.165, 1.54) is 19.1 Å². The first-order chi connectivity index (χ1) is 17.8. The summed E-state index contributed by atoms with van der Waals surface area (Å²) < 4.78 is 16.4. The van der Waals surface area contributed by atoms with Gasteiger partial charge in [0.15, 0.2) is 0 Å². The maximum Gasteiger partial charge on any atom is 0.300 e. The Morgan fingerprint density at radius 2 is 1.57 bits per heavy atom. The number of ether oxygens (including phenoxy) is 3. The van der Waals surface area contributed by atoms with E-state index in [0.717, 1.165) is 17.5 Å². The Morgan fingerprint density at radius 3 is 2.11 bits per heavy atom. The second-order valence-electron chi connectivity index (χ2n) is 8.75. The summed E-state index contributed by atoms with van der Waals surface area (Å²) in [6, 6.07) is 17.1. The Balaban J connectivity index is 1.93. The van der Waals surface area contributed by atoms with Gasteiger partial charge in [0.05, 0.1) is 38.1 Å². The van der Waals surface area contributed by atoms with Crippen molar-refractivity contribution in [3.63, 3.8) is 0 Å². The molecule has 1 aliphatic rings. The Labute approximate surface area is 216 Å². The van der Waals surface area contributed by atoms with Gasteiger partial charge in [-0.3, -0.25) is 14.5 Å². The van der Waals surface area contributed by atoms with E-state index in [2.05, 4.69) is 6.92 Å². The summed E-state index contributed by atoms with van der Waals surface area (Å²) in [7, 11) is 3.03. The summed E-state index contributed by atoms with van der Waals surface area (Å²) >= 11 is 0. The monoisotopic (exact) mass is 501 g/mol. The third kappa shape index (κ3) is 4.89. The molecule has 0 aliphatic carbocycles. The van der Waals surface area contributed by atoms with Gasteiger partial charge < -0.3 is 19.3 Å². The van der Waals surface area contributed by atoms with Crippen LogP contribution in [0.2, 0.25) is 0 Å². The Morgan fingerprint density at radius 1 is 0.919 bits per heavy atom. The van der Waals surface area contributed by atoms with Gasteiger partial charge in [-0.15, -0.1) is 0 Å². The molecular formula is C30H31NO6. The molecule has 3 aromatic carbocycles. The standard InChI is InChI=1S/C30H31NO6/c1-6-19-8-10-20(11-9-19)27-26(28(32)21-12-13-25(37-7-2)18(3)14-21)29(33)30(34)31(27)22-15-23(35-4)17-24(16-22)36-5/h8-17,27,32H,6-7H2,1-5H3/b28-26+. The zero-order chi connectivity index (χ0) is 26.7. The lowest BCUT2D eigenvalue weighted by atomic mass is 9.94. The molecule has 3 aromatic rings. The van der Waals surface area contributed by atoms with Crippen molar-refractivity contribution in [2.45, 2.75) is 33.2 Å². The molecule has 0 saturated carbocycles. The fourth-order valence-corrected chi connectivity index (χ4v) is 4.55. The fraction of sp³-hybridized carbons (Fsp3) is 0.267. The van der Waals surface area contributed by atoms with E-state index in [4.69, 9.17) is 14.2 Å². The number of rotatable bonds is 8. The lowest BCUT2D eigenvalue weighted by molar-refractivity contribution is -0.132. The van der Waals surface area contributed by atoms with Gasteiger partial charge in [-0.2, -0.15) is 0 Å². The van der Waals surface area contributed by atoms with Crippen molar-refractivity contribution in [2.24, 2.45) is 0 Å². The number of carbonyl (C=O) groups is 2. The smallest absolute Gasteiger partial charge is 0.300 e. The van der Waals surface area contributed by atoms with Crippen LogP contribution in [-0.4, -0.2) is 37.6 Å². The minimum Gasteiger partial charge on any atom is -0.507 e. The van der Waals surface area contributed by atoms with Crippen LogP contribution in [0.25, 0.3) is 5.76 Å². The molecule has 0 radical (unpaired) electrons. The van der Waals surface area contributed by atoms with Crippen molar-refractivity contribution in [3.8, 4) is 17.2 Å². The van der Waals surface area contributed by atoms with Crippen molar-refractivity contribution in [1.82, 2.24) is 0 Å². The zero-order valence-corrected chi connectivity index (χ0v) is 21.7. The molecule has 37 heavy (non-hydrogen) atoms. The Bertz CT molecular complexity index is 1340. The number of aryl methyl sites for hydroxylation is 2. The number of nitrogens with zero attached hydrogens (tertiary/aromatic N) is 1. The van der Waals surface area contributed by atoms with Crippen LogP contribution in [0, 0.1) is 6.92 Å². The molecule has 1 saturated heterocycles. The molecule has 4 rings (SSSR count). The van der Waals surface area contributed by atoms with E-state index < -0.39 is 17.7 Å². The topological polar surface area (TPSA) is 85.3 Å². The molecule has 0 spiro atoms. The van der Waals surface area contributed by atoms with Crippen molar-refractivity contribution in [3.05, 3.63) is 88.5 Å². The highest BCUT2D eigenvalue weighted by Gasteiger charge is 2.47. The summed E-state index contributed by atoms with van der Waals surface area (Å²) in [4.78, 5) is 28.4. The number of aliphatic hydroxyl groups is 1. The van der Waals surface area contributed by atoms with E-state index >= 15 is 0 Å². The first kappa shape index (κ1) is 25.8. The highest BCUT2D eigenvalue weighted by atomic mass is 16.5. The van der Waals surface area contributed by atoms with Crippen molar-refractivity contribution < 1.29 is 28.9 Å². The van der Waals surface area contributed by atoms with Crippen LogP contribution in [0.4, 0.5) is 5.69 Å². The molecule has 7 heteroatoms. The number of Topliss-reactive ketones (excluding diaryl/α,β-unsaturated/α-hetero) is 1. The molecule has 1 aliphatic heterocycles. The Kier molecular flexibility index (Phi) is 7.53. The van der Waals surface area contributed by atoms with Crippen LogP contribution in [0.5, 0.6) is 17.2 Å². The van der Waals surface area contributed by atoms with Gasteiger partial charge in [0.25, 0.3) is 11.7 Å². The number of anilines is 1. The average molecular weight is 502 g/mol. The van der Waals surface area contributed by atoms with E-state index in [9.17, 15) is 14.7 Å². The van der Waals surface area contributed by atoms with Crippen molar-refractivity contribution in [2.75, 3.05) is 25.7 Å². The number of carbonyl (C=O) groups excluding carboxylic acids is 2. The lowest BCUT2D eigenvalue weighted by Crippen LogP contribution is -2.29. The minimum absolute atomic E-state index is 0.0135. The number of ketones is 1. The van der Waals surface area contributed by atoms with Gasteiger partial charge in [0.1, 0.15) is 23.0 Å². The summed E-state index contributed by atoms with van der Waals surface area (Å²) in [5.74, 6) is -0.127. The first-order valence-corrected chi connectivity index (χ1v) is 12.2. The summed E-state index contributed by atoms with van der Waals surface area (Å²) in [6.45, 7) is 6.32. The van der Waals surface area contributed by atoms with Crippen LogP contribution in [0.1, 0.15) is 42.1 Å². The maximum atomic E-state index is 13.5. The molecule has 7 nitrogen and oxygen atoms in total. The minimum atomic E-state index is -0.852. The largest absolute Gasteiger partial charge is 0.507 e. The predicted molar refractivity (Wildman–Crippen MR) is 142 cm³/mol. The quantitative estimate of drug-likeness (QED) is 0.246. The number of hydrogen-bond donors (Lipinski definition) is 1. The molecule has 0 bridgehead atoms. The highest BCUT2D eigenvalue weighted by Crippen LogP contribution is 2.44. The molecule has 192 valence electrons. The first-order valence-electron chi connectivity index (χ1n) is 12.2. The van der Waals surface area contributed by atoms with E-state index in [1.807, 2.05) is 38.1 Å². The third-order valence-electron chi connectivity index (χ3n) is 6.51. The third-order valence-corrected chi connectivity index (χ3v) is 6.51. The number of aliphatic hydroxyl groups excluding tert-OH is 1. The average Bonchev–Trinajstić information content (AvgIpc) is 3.19. The van der Waals surface area contributed by atoms with E-state index in [1.54, 1.807) is 36.4 Å². The summed E-state index contributed by atoms with van der Waals surface area (Å²) in [5.41, 5.74) is 3.48. The number of hydrogen-bond acceptors (Lipinski definition) is 6. The molecular weight excluding hydrogens is 470 g/mol. The molecule has 1 fully saturated rings. The van der Waals surface area contributed by atoms with Gasteiger partial charge in [0, 0.05) is 23.8 Å². The number of benzene rings is 3. The highest BCUT2D eigenvalue weighted by molar-refractivity contribution is 6.51. The second kappa shape index (κ2) is 10.8. The second-order valence-corrected chi connectivity index (χ2v) is 8.75. The van der Waals surface area contributed by atoms with Gasteiger partial charge in [-0.25, -0.2) is 0 Å². The van der Waals surface area contributed by atoms with Gasteiger partial charge in [0.2, 0.25) is 0 Å². The van der Waals surface area contributed by atoms with Crippen molar-refractivity contribution >= 4 is 23.1 Å². The molecule has 1 atom stereocenters. The summed E-state index contributed by atoms with van der Waals surface area (Å²) in [6.07, 6.45) is 0.846. The van der Waals surface area contributed by atoms with Gasteiger partial charge >= 0.3 is 0 Å². The lowest BCUT2D eigenvalue weighted by Gasteiger charge is -2.26. The van der Waals surface area contributed by atoms with Crippen LogP contribution < -0.4 is 19.1 Å². The Hall–Kier alpha value is -4.26. The van der Waals surface area contributed by atoms with Crippen LogP contribution in [0.3, 0.4) is 0 Å². The van der Waals surface area contributed by atoms with E-state index in [0.29, 0.717) is 40.7 Å². The van der Waals surface area contributed by atoms with Crippen molar-refractivity contribution in [1.29, 1.82) is 0 Å². The normalized spacial score (nSPS) is 16.7. The molecule has 1 unspecified atom stereocenters. The van der Waals surface area contributed by atoms with E-state index in [-0.39, 0.29) is 11.3 Å². The molecule has 0 aromatic heterocycles. The van der Waals surface area contributed by atoms with Gasteiger partial charge in [-0.1, -0.05) is 31.2 Å².